The Morgan fingerprint density at radius 3 is 2.54 bits per heavy atom. The van der Waals surface area contributed by atoms with Gasteiger partial charge in [-0.3, -0.25) is 9.69 Å². The van der Waals surface area contributed by atoms with Gasteiger partial charge in [-0.05, 0) is 23.8 Å². The van der Waals surface area contributed by atoms with Crippen molar-refractivity contribution in [1.82, 2.24) is 24.7 Å². The molecule has 1 fully saturated rings. The van der Waals surface area contributed by atoms with Gasteiger partial charge < -0.3 is 9.42 Å². The highest BCUT2D eigenvalue weighted by atomic mass is 16.5. The predicted octanol–water partition coefficient (Wildman–Crippen LogP) is 1.75. The highest BCUT2D eigenvalue weighted by Gasteiger charge is 2.21. The van der Waals surface area contributed by atoms with E-state index >= 15 is 0 Å². The lowest BCUT2D eigenvalue weighted by atomic mass is 10.1. The summed E-state index contributed by atoms with van der Waals surface area (Å²) in [6.07, 6.45) is 5.67. The van der Waals surface area contributed by atoms with E-state index in [0.717, 1.165) is 49.7 Å². The van der Waals surface area contributed by atoms with Crippen LogP contribution in [0.3, 0.4) is 0 Å². The Balaban J connectivity index is 1.28. The first-order valence-electron chi connectivity index (χ1n) is 8.76. The van der Waals surface area contributed by atoms with Crippen LogP contribution in [-0.4, -0.2) is 56.8 Å². The summed E-state index contributed by atoms with van der Waals surface area (Å²) in [5, 5.41) is 8.15. The third-order valence-corrected chi connectivity index (χ3v) is 4.66. The molecular weight excluding hydrogens is 330 g/mol. The summed E-state index contributed by atoms with van der Waals surface area (Å²) in [7, 11) is 0. The summed E-state index contributed by atoms with van der Waals surface area (Å²) in [5.74, 6) is 0.179. The first-order chi connectivity index (χ1) is 12.8. The fourth-order valence-electron chi connectivity index (χ4n) is 3.18. The molecule has 0 saturated carbocycles. The van der Waals surface area contributed by atoms with E-state index in [0.29, 0.717) is 6.42 Å². The lowest BCUT2D eigenvalue weighted by Gasteiger charge is -2.34. The first kappa shape index (κ1) is 16.5. The van der Waals surface area contributed by atoms with Crippen molar-refractivity contribution in [2.24, 2.45) is 0 Å². The molecule has 7 heteroatoms. The maximum Gasteiger partial charge on any atom is 0.227 e. The summed E-state index contributed by atoms with van der Waals surface area (Å²) in [5.41, 5.74) is 2.95. The van der Waals surface area contributed by atoms with Gasteiger partial charge in [0, 0.05) is 51.2 Å². The second-order valence-corrected chi connectivity index (χ2v) is 6.44. The molecule has 0 spiro atoms. The SMILES string of the molecule is O=C(Cc1ccc(-n2cccn2)cc1)N1CCN(Cc2ccon2)CC1. The Kier molecular flexibility index (Phi) is 4.79. The minimum atomic E-state index is 0.179. The normalized spacial score (nSPS) is 15.3. The zero-order valence-corrected chi connectivity index (χ0v) is 14.5. The van der Waals surface area contributed by atoms with Gasteiger partial charge in [0.25, 0.3) is 0 Å². The minimum Gasteiger partial charge on any atom is -0.364 e. The lowest BCUT2D eigenvalue weighted by Crippen LogP contribution is -2.48. The van der Waals surface area contributed by atoms with E-state index in [1.807, 2.05) is 47.5 Å². The highest BCUT2D eigenvalue weighted by Crippen LogP contribution is 2.12. The van der Waals surface area contributed by atoms with Gasteiger partial charge in [-0.25, -0.2) is 4.68 Å². The molecular formula is C19H21N5O2. The summed E-state index contributed by atoms with van der Waals surface area (Å²) in [4.78, 5) is 16.8. The molecule has 134 valence electrons. The van der Waals surface area contributed by atoms with Crippen molar-refractivity contribution in [3.8, 4) is 5.69 Å². The van der Waals surface area contributed by atoms with Crippen LogP contribution < -0.4 is 0 Å². The van der Waals surface area contributed by atoms with Crippen LogP contribution in [0.1, 0.15) is 11.3 Å². The van der Waals surface area contributed by atoms with Gasteiger partial charge in [0.2, 0.25) is 5.91 Å². The summed E-state index contributed by atoms with van der Waals surface area (Å²) in [6.45, 7) is 3.99. The fourth-order valence-corrected chi connectivity index (χ4v) is 3.18. The number of hydrogen-bond donors (Lipinski definition) is 0. The van der Waals surface area contributed by atoms with Crippen LogP contribution in [0.2, 0.25) is 0 Å². The zero-order chi connectivity index (χ0) is 17.8. The van der Waals surface area contributed by atoms with Crippen molar-refractivity contribution < 1.29 is 9.32 Å². The van der Waals surface area contributed by atoms with Crippen molar-refractivity contribution in [3.05, 3.63) is 66.3 Å². The van der Waals surface area contributed by atoms with Crippen LogP contribution in [-0.2, 0) is 17.8 Å². The van der Waals surface area contributed by atoms with Gasteiger partial charge in [-0.15, -0.1) is 0 Å². The summed E-state index contributed by atoms with van der Waals surface area (Å²) < 4.78 is 6.67. The van der Waals surface area contributed by atoms with Gasteiger partial charge in [0.05, 0.1) is 17.8 Å². The second-order valence-electron chi connectivity index (χ2n) is 6.44. The number of carbonyl (C=O) groups excluding carboxylic acids is 1. The Bertz CT molecular complexity index is 819. The van der Waals surface area contributed by atoms with Gasteiger partial charge in [0.15, 0.2) is 0 Å². The van der Waals surface area contributed by atoms with Crippen molar-refractivity contribution in [2.75, 3.05) is 26.2 Å². The molecule has 1 aromatic carbocycles. The molecule has 2 aromatic heterocycles. The van der Waals surface area contributed by atoms with Crippen molar-refractivity contribution in [2.45, 2.75) is 13.0 Å². The fraction of sp³-hybridized carbons (Fsp3) is 0.316. The van der Waals surface area contributed by atoms with E-state index < -0.39 is 0 Å². The van der Waals surface area contributed by atoms with E-state index in [1.165, 1.54) is 0 Å². The van der Waals surface area contributed by atoms with Crippen molar-refractivity contribution in [1.29, 1.82) is 0 Å². The third kappa shape index (κ3) is 3.83. The predicted molar refractivity (Wildman–Crippen MR) is 95.6 cm³/mol. The number of benzene rings is 1. The maximum atomic E-state index is 12.6. The zero-order valence-electron chi connectivity index (χ0n) is 14.5. The standard InChI is InChI=1S/C19H21N5O2/c25-19(14-16-2-4-18(5-3-16)24-8-1-7-20-24)23-11-9-22(10-12-23)15-17-6-13-26-21-17/h1-8,13H,9-12,14-15H2. The van der Waals surface area contributed by atoms with Gasteiger partial charge in [-0.1, -0.05) is 17.3 Å². The highest BCUT2D eigenvalue weighted by molar-refractivity contribution is 5.79. The quantitative estimate of drug-likeness (QED) is 0.701. The monoisotopic (exact) mass is 351 g/mol. The number of rotatable bonds is 5. The van der Waals surface area contributed by atoms with Crippen LogP contribution in [0.25, 0.3) is 5.69 Å². The second kappa shape index (κ2) is 7.53. The van der Waals surface area contributed by atoms with Gasteiger partial charge in [-0.2, -0.15) is 5.10 Å². The first-order valence-corrected chi connectivity index (χ1v) is 8.76. The number of amides is 1. The maximum absolute atomic E-state index is 12.6. The average Bonchev–Trinajstić information content (AvgIpc) is 3.37. The molecule has 3 aromatic rings. The van der Waals surface area contributed by atoms with E-state index in [-0.39, 0.29) is 5.91 Å². The molecule has 0 aliphatic carbocycles. The number of hydrogen-bond acceptors (Lipinski definition) is 5. The summed E-state index contributed by atoms with van der Waals surface area (Å²) >= 11 is 0. The van der Waals surface area contributed by atoms with E-state index in [4.69, 9.17) is 4.52 Å². The largest absolute Gasteiger partial charge is 0.364 e. The van der Waals surface area contributed by atoms with E-state index in [9.17, 15) is 4.79 Å². The summed E-state index contributed by atoms with van der Waals surface area (Å²) in [6, 6.07) is 11.7. The van der Waals surface area contributed by atoms with E-state index in [2.05, 4.69) is 15.2 Å². The number of aromatic nitrogens is 3. The molecule has 0 unspecified atom stereocenters. The van der Waals surface area contributed by atoms with Gasteiger partial charge >= 0.3 is 0 Å². The van der Waals surface area contributed by atoms with Crippen LogP contribution in [0.4, 0.5) is 0 Å². The molecule has 26 heavy (non-hydrogen) atoms. The smallest absolute Gasteiger partial charge is 0.227 e. The van der Waals surface area contributed by atoms with Crippen molar-refractivity contribution >= 4 is 5.91 Å². The number of piperazine rings is 1. The molecule has 1 aliphatic rings. The molecule has 1 aliphatic heterocycles. The third-order valence-electron chi connectivity index (χ3n) is 4.66. The van der Waals surface area contributed by atoms with Crippen LogP contribution in [0.15, 0.2) is 59.6 Å². The molecule has 4 rings (SSSR count). The Morgan fingerprint density at radius 2 is 1.88 bits per heavy atom. The lowest BCUT2D eigenvalue weighted by molar-refractivity contribution is -0.132. The Labute approximate surface area is 151 Å². The van der Waals surface area contributed by atoms with Crippen LogP contribution in [0, 0.1) is 0 Å². The molecule has 1 saturated heterocycles. The molecule has 3 heterocycles. The topological polar surface area (TPSA) is 67.4 Å². The molecule has 0 radical (unpaired) electrons. The molecule has 0 atom stereocenters. The Hall–Kier alpha value is -2.93. The Morgan fingerprint density at radius 1 is 1.08 bits per heavy atom. The number of carbonyl (C=O) groups is 1. The van der Waals surface area contributed by atoms with Crippen LogP contribution >= 0.6 is 0 Å². The van der Waals surface area contributed by atoms with Crippen LogP contribution in [0.5, 0.6) is 0 Å². The van der Waals surface area contributed by atoms with E-state index in [1.54, 1.807) is 17.1 Å². The molecule has 1 amide bonds. The molecule has 0 bridgehead atoms. The average molecular weight is 351 g/mol. The molecule has 0 N–H and O–H groups in total. The minimum absolute atomic E-state index is 0.179. The van der Waals surface area contributed by atoms with Gasteiger partial charge in [0.1, 0.15) is 6.26 Å². The number of nitrogens with zero attached hydrogens (tertiary/aromatic N) is 5. The molecule has 7 nitrogen and oxygen atoms in total. The van der Waals surface area contributed by atoms with Crippen molar-refractivity contribution in [3.63, 3.8) is 0 Å².